The van der Waals surface area contributed by atoms with Crippen LogP contribution in [0.5, 0.6) is 0 Å². The van der Waals surface area contributed by atoms with Gasteiger partial charge in [-0.3, -0.25) is 14.5 Å². The first-order valence-electron chi connectivity index (χ1n) is 8.61. The van der Waals surface area contributed by atoms with E-state index in [9.17, 15) is 9.59 Å². The maximum absolute atomic E-state index is 12.8. The van der Waals surface area contributed by atoms with Crippen molar-refractivity contribution in [2.45, 2.75) is 19.5 Å². The molecular weight excluding hydrogens is 326 g/mol. The molecule has 2 rings (SSSR count). The van der Waals surface area contributed by atoms with E-state index >= 15 is 0 Å². The summed E-state index contributed by atoms with van der Waals surface area (Å²) < 4.78 is 0. The fourth-order valence-electron chi connectivity index (χ4n) is 2.91. The molecule has 0 spiro atoms. The Balaban J connectivity index is 2.13. The minimum Gasteiger partial charge on any atom is -0.350 e. The molecule has 0 fully saturated rings. The van der Waals surface area contributed by atoms with Crippen LogP contribution in [0.25, 0.3) is 0 Å². The van der Waals surface area contributed by atoms with Gasteiger partial charge in [-0.1, -0.05) is 36.4 Å². The van der Waals surface area contributed by atoms with Crippen LogP contribution in [0.1, 0.15) is 33.1 Å². The molecule has 1 atom stereocenters. The van der Waals surface area contributed by atoms with E-state index in [1.54, 1.807) is 20.2 Å². The second-order valence-corrected chi connectivity index (χ2v) is 6.84. The summed E-state index contributed by atoms with van der Waals surface area (Å²) in [5.41, 5.74) is 3.59. The maximum Gasteiger partial charge on any atom is 0.253 e. The van der Waals surface area contributed by atoms with E-state index in [0.29, 0.717) is 12.1 Å². The molecule has 0 radical (unpaired) electrons. The summed E-state index contributed by atoms with van der Waals surface area (Å²) in [6.07, 6.45) is 0. The van der Waals surface area contributed by atoms with Crippen molar-refractivity contribution in [3.63, 3.8) is 0 Å². The normalized spacial score (nSPS) is 11.9. The first kappa shape index (κ1) is 19.7. The molecule has 0 saturated carbocycles. The van der Waals surface area contributed by atoms with Crippen LogP contribution in [0, 0.1) is 6.92 Å². The minimum absolute atomic E-state index is 0.0516. The van der Waals surface area contributed by atoms with E-state index in [1.165, 1.54) is 4.90 Å². The van der Waals surface area contributed by atoms with Crippen LogP contribution >= 0.6 is 0 Å². The third-order valence-electron chi connectivity index (χ3n) is 4.29. The molecule has 2 amide bonds. The lowest BCUT2D eigenvalue weighted by atomic mass is 9.99. The van der Waals surface area contributed by atoms with Gasteiger partial charge in [0.2, 0.25) is 5.91 Å². The summed E-state index contributed by atoms with van der Waals surface area (Å²) in [5, 5.41) is 3.00. The molecule has 0 saturated heterocycles. The topological polar surface area (TPSA) is 52.7 Å². The van der Waals surface area contributed by atoms with E-state index in [0.717, 1.165) is 16.7 Å². The van der Waals surface area contributed by atoms with E-state index in [4.69, 9.17) is 0 Å². The third kappa shape index (κ3) is 4.70. The zero-order chi connectivity index (χ0) is 19.3. The van der Waals surface area contributed by atoms with Gasteiger partial charge in [0.1, 0.15) is 6.04 Å². The van der Waals surface area contributed by atoms with Gasteiger partial charge in [0.25, 0.3) is 5.91 Å². The second-order valence-electron chi connectivity index (χ2n) is 6.84. The van der Waals surface area contributed by atoms with Gasteiger partial charge in [0, 0.05) is 26.2 Å². The molecule has 2 aromatic rings. The Bertz CT molecular complexity index is 784. The highest BCUT2D eigenvalue weighted by Gasteiger charge is 2.24. The van der Waals surface area contributed by atoms with E-state index in [2.05, 4.69) is 5.32 Å². The van der Waals surface area contributed by atoms with Gasteiger partial charge >= 0.3 is 0 Å². The van der Waals surface area contributed by atoms with Gasteiger partial charge in [0.15, 0.2) is 0 Å². The number of carbonyl (C=O) groups excluding carboxylic acids is 2. The van der Waals surface area contributed by atoms with Crippen molar-refractivity contribution in [1.82, 2.24) is 15.1 Å². The highest BCUT2D eigenvalue weighted by atomic mass is 16.2. The molecule has 0 aliphatic heterocycles. The fraction of sp³-hybridized carbons (Fsp3) is 0.333. The summed E-state index contributed by atoms with van der Waals surface area (Å²) in [4.78, 5) is 28.3. The number of nitrogens with zero attached hydrogens (tertiary/aromatic N) is 2. The van der Waals surface area contributed by atoms with E-state index in [-0.39, 0.29) is 17.9 Å². The van der Waals surface area contributed by atoms with Crippen molar-refractivity contribution in [3.8, 4) is 0 Å². The van der Waals surface area contributed by atoms with Gasteiger partial charge in [-0.05, 0) is 49.8 Å². The number of carbonyl (C=O) groups is 2. The van der Waals surface area contributed by atoms with Crippen LogP contribution in [0.3, 0.4) is 0 Å². The quantitative estimate of drug-likeness (QED) is 0.869. The van der Waals surface area contributed by atoms with Crippen LogP contribution in [-0.2, 0) is 11.3 Å². The van der Waals surface area contributed by atoms with Crippen molar-refractivity contribution >= 4 is 11.8 Å². The summed E-state index contributed by atoms with van der Waals surface area (Å²) in [7, 11) is 7.24. The largest absolute Gasteiger partial charge is 0.350 e. The summed E-state index contributed by atoms with van der Waals surface area (Å²) in [5.74, 6) is -0.113. The SMILES string of the molecule is Cc1ccccc1C(C(=O)NCc1cccc(C(=O)N(C)C)c1)N(C)C. The lowest BCUT2D eigenvalue weighted by molar-refractivity contribution is -0.126. The predicted octanol–water partition coefficient (Wildman–Crippen LogP) is 2.62. The number of rotatable bonds is 6. The molecule has 5 heteroatoms. The summed E-state index contributed by atoms with van der Waals surface area (Å²) >= 11 is 0. The molecular formula is C21H27N3O2. The molecule has 0 aromatic heterocycles. The Morgan fingerprint density at radius 2 is 1.69 bits per heavy atom. The van der Waals surface area contributed by atoms with Crippen molar-refractivity contribution in [2.75, 3.05) is 28.2 Å². The van der Waals surface area contributed by atoms with Crippen molar-refractivity contribution in [3.05, 3.63) is 70.8 Å². The molecule has 26 heavy (non-hydrogen) atoms. The van der Waals surface area contributed by atoms with Gasteiger partial charge < -0.3 is 10.2 Å². The smallest absolute Gasteiger partial charge is 0.253 e. The first-order valence-corrected chi connectivity index (χ1v) is 8.61. The molecule has 0 aliphatic rings. The van der Waals surface area contributed by atoms with Crippen LogP contribution in [0.15, 0.2) is 48.5 Å². The van der Waals surface area contributed by atoms with Crippen LogP contribution in [0.4, 0.5) is 0 Å². The molecule has 0 bridgehead atoms. The average Bonchev–Trinajstić information content (AvgIpc) is 2.61. The molecule has 0 aliphatic carbocycles. The van der Waals surface area contributed by atoms with Crippen LogP contribution in [-0.4, -0.2) is 49.8 Å². The van der Waals surface area contributed by atoms with Gasteiger partial charge in [-0.2, -0.15) is 0 Å². The molecule has 1 unspecified atom stereocenters. The molecule has 138 valence electrons. The number of likely N-dealkylation sites (N-methyl/N-ethyl adjacent to an activating group) is 1. The van der Waals surface area contributed by atoms with Gasteiger partial charge in [-0.15, -0.1) is 0 Å². The third-order valence-corrected chi connectivity index (χ3v) is 4.29. The maximum atomic E-state index is 12.8. The molecule has 0 heterocycles. The zero-order valence-corrected chi connectivity index (χ0v) is 16.1. The number of aryl methyl sites for hydroxylation is 1. The van der Waals surface area contributed by atoms with E-state index in [1.807, 2.05) is 68.4 Å². The first-order chi connectivity index (χ1) is 12.3. The summed E-state index contributed by atoms with van der Waals surface area (Å²) in [6, 6.07) is 14.9. The van der Waals surface area contributed by atoms with Crippen molar-refractivity contribution in [2.24, 2.45) is 0 Å². The average molecular weight is 353 g/mol. The second kappa shape index (κ2) is 8.63. The number of nitrogens with one attached hydrogen (secondary N) is 1. The van der Waals surface area contributed by atoms with Crippen LogP contribution < -0.4 is 5.32 Å². The van der Waals surface area contributed by atoms with Crippen LogP contribution in [0.2, 0.25) is 0 Å². The van der Waals surface area contributed by atoms with E-state index < -0.39 is 0 Å². The number of benzene rings is 2. The Morgan fingerprint density at radius 3 is 2.31 bits per heavy atom. The minimum atomic E-state index is -0.359. The Hall–Kier alpha value is -2.66. The van der Waals surface area contributed by atoms with Gasteiger partial charge in [0.05, 0.1) is 0 Å². The Labute approximate surface area is 155 Å². The fourth-order valence-corrected chi connectivity index (χ4v) is 2.91. The monoisotopic (exact) mass is 353 g/mol. The Morgan fingerprint density at radius 1 is 1.00 bits per heavy atom. The molecule has 1 N–H and O–H groups in total. The highest BCUT2D eigenvalue weighted by molar-refractivity contribution is 5.94. The van der Waals surface area contributed by atoms with Crippen molar-refractivity contribution < 1.29 is 9.59 Å². The molecule has 5 nitrogen and oxygen atoms in total. The predicted molar refractivity (Wildman–Crippen MR) is 104 cm³/mol. The van der Waals surface area contributed by atoms with Gasteiger partial charge in [-0.25, -0.2) is 0 Å². The highest BCUT2D eigenvalue weighted by Crippen LogP contribution is 2.22. The Kier molecular flexibility index (Phi) is 6.52. The number of amides is 2. The zero-order valence-electron chi connectivity index (χ0n) is 16.1. The van der Waals surface area contributed by atoms with Crippen molar-refractivity contribution in [1.29, 1.82) is 0 Å². The number of hydrogen-bond donors (Lipinski definition) is 1. The summed E-state index contributed by atoms with van der Waals surface area (Å²) in [6.45, 7) is 2.39. The molecule has 2 aromatic carbocycles. The lowest BCUT2D eigenvalue weighted by Gasteiger charge is -2.25. The number of hydrogen-bond acceptors (Lipinski definition) is 3. The standard InChI is InChI=1S/C21H27N3O2/c1-15-9-6-7-12-18(15)19(23(2)3)20(25)22-14-16-10-8-11-17(13-16)21(26)24(4)5/h6-13,19H,14H2,1-5H3,(H,22,25). The lowest BCUT2D eigenvalue weighted by Crippen LogP contribution is -2.37.